The fourth-order valence-corrected chi connectivity index (χ4v) is 7.60. The Kier molecular flexibility index (Phi) is 7.85. The molecule has 236 valence electrons. The number of nitriles is 1. The lowest BCUT2D eigenvalue weighted by atomic mass is 9.92. The maximum absolute atomic E-state index is 14.0. The predicted molar refractivity (Wildman–Crippen MR) is 142 cm³/mol. The van der Waals surface area contributed by atoms with E-state index in [1.165, 1.54) is 12.1 Å². The average Bonchev–Trinajstić information content (AvgIpc) is 3.87. The summed E-state index contributed by atoms with van der Waals surface area (Å²) < 4.78 is 110. The van der Waals surface area contributed by atoms with Gasteiger partial charge in [0.15, 0.2) is 16.4 Å². The lowest BCUT2D eigenvalue weighted by Crippen LogP contribution is -2.51. The Hall–Kier alpha value is -3.51. The van der Waals surface area contributed by atoms with Crippen LogP contribution in [0.4, 0.5) is 26.3 Å². The van der Waals surface area contributed by atoms with Crippen LogP contribution < -0.4 is 10.1 Å². The molecule has 44 heavy (non-hydrogen) atoms. The van der Waals surface area contributed by atoms with Crippen molar-refractivity contribution in [3.63, 3.8) is 0 Å². The van der Waals surface area contributed by atoms with Crippen molar-refractivity contribution >= 4 is 33.3 Å². The van der Waals surface area contributed by atoms with Crippen LogP contribution in [0.2, 0.25) is 5.02 Å². The number of halogens is 7. The molecular weight excluding hydrogens is 640 g/mol. The molecule has 5 rings (SSSR count). The summed E-state index contributed by atoms with van der Waals surface area (Å²) in [5.41, 5.74) is -3.44. The highest BCUT2D eigenvalue weighted by Crippen LogP contribution is 2.52. The van der Waals surface area contributed by atoms with Gasteiger partial charge in [0.2, 0.25) is 11.8 Å². The maximum atomic E-state index is 14.0. The molecule has 1 N–H and O–H groups in total. The Balaban J connectivity index is 1.45. The highest BCUT2D eigenvalue weighted by Gasteiger charge is 2.58. The highest BCUT2D eigenvalue weighted by molar-refractivity contribution is 7.92. The van der Waals surface area contributed by atoms with Gasteiger partial charge in [-0.1, -0.05) is 29.8 Å². The number of carbonyl (C=O) groups is 2. The Labute approximate surface area is 252 Å². The number of hydrogen-bond acceptors (Lipinski definition) is 6. The van der Waals surface area contributed by atoms with Gasteiger partial charge in [-0.3, -0.25) is 9.59 Å². The number of alkyl halides is 6. The number of rotatable bonds is 8. The van der Waals surface area contributed by atoms with Crippen molar-refractivity contribution in [3.05, 3.63) is 58.6 Å². The average molecular weight is 664 g/mol. The van der Waals surface area contributed by atoms with Crippen molar-refractivity contribution in [1.82, 2.24) is 10.2 Å². The molecular formula is C28H24ClF6N3O5S. The second-order valence-electron chi connectivity index (χ2n) is 11.2. The van der Waals surface area contributed by atoms with Gasteiger partial charge in [-0.15, -0.1) is 0 Å². The van der Waals surface area contributed by atoms with Gasteiger partial charge >= 0.3 is 12.4 Å². The molecule has 2 saturated carbocycles. The molecule has 0 unspecified atom stereocenters. The number of benzene rings is 2. The minimum absolute atomic E-state index is 0.0796. The van der Waals surface area contributed by atoms with E-state index in [0.717, 1.165) is 35.2 Å². The highest BCUT2D eigenvalue weighted by atomic mass is 35.5. The molecule has 0 radical (unpaired) electrons. The van der Waals surface area contributed by atoms with Crippen LogP contribution in [-0.2, 0) is 31.0 Å². The maximum Gasteiger partial charge on any atom is 0.422 e. The molecule has 2 amide bonds. The number of carbonyl (C=O) groups excluding carboxylic acids is 2. The number of nitrogens with one attached hydrogen (secondary N) is 1. The Morgan fingerprint density at radius 3 is 2.30 bits per heavy atom. The number of sulfone groups is 1. The first-order valence-corrected chi connectivity index (χ1v) is 15.3. The summed E-state index contributed by atoms with van der Waals surface area (Å²) in [7, 11) is -4.41. The lowest BCUT2D eigenvalue weighted by molar-refractivity contribution is -0.153. The second-order valence-corrected chi connectivity index (χ2v) is 13.8. The van der Waals surface area contributed by atoms with E-state index in [4.69, 9.17) is 11.6 Å². The van der Waals surface area contributed by atoms with Gasteiger partial charge in [-0.05, 0) is 55.9 Å². The van der Waals surface area contributed by atoms with Crippen molar-refractivity contribution < 1.29 is 49.1 Å². The molecule has 1 aliphatic heterocycles. The van der Waals surface area contributed by atoms with Gasteiger partial charge < -0.3 is 15.0 Å². The molecule has 2 aromatic carbocycles. The Morgan fingerprint density at radius 1 is 1.07 bits per heavy atom. The largest absolute Gasteiger partial charge is 0.484 e. The third-order valence-corrected chi connectivity index (χ3v) is 10.7. The summed E-state index contributed by atoms with van der Waals surface area (Å²) in [5, 5.41) is 10.2. The minimum Gasteiger partial charge on any atom is -0.484 e. The Morgan fingerprint density at radius 2 is 1.75 bits per heavy atom. The van der Waals surface area contributed by atoms with Crippen LogP contribution in [0.15, 0.2) is 47.4 Å². The van der Waals surface area contributed by atoms with E-state index < -0.39 is 91.3 Å². The van der Waals surface area contributed by atoms with Crippen molar-refractivity contribution in [2.24, 2.45) is 0 Å². The number of nitrogens with zero attached hydrogens (tertiary/aromatic N) is 2. The van der Waals surface area contributed by atoms with Gasteiger partial charge in [0.05, 0.1) is 32.2 Å². The fourth-order valence-electron chi connectivity index (χ4n) is 5.37. The number of ether oxygens (including phenoxy) is 1. The first-order chi connectivity index (χ1) is 20.4. The SMILES string of the molecule is N#CC1(NC(=O)[C@@H]2C[C@@H](S(=O)(=O)c3ccc(OCC(F)(F)F)cc3Cl)CN2C(=O)C2(c3cccc(C(F)(F)F)c3)CC2)CC1. The molecule has 8 nitrogen and oxygen atoms in total. The summed E-state index contributed by atoms with van der Waals surface area (Å²) in [6.45, 7) is -2.15. The third-order valence-electron chi connectivity index (χ3n) is 8.11. The second kappa shape index (κ2) is 10.8. The monoisotopic (exact) mass is 663 g/mol. The fraction of sp³-hybridized carbons (Fsp3) is 0.464. The summed E-state index contributed by atoms with van der Waals surface area (Å²) in [4.78, 5) is 28.0. The van der Waals surface area contributed by atoms with Crippen molar-refractivity contribution in [3.8, 4) is 11.8 Å². The van der Waals surface area contributed by atoms with Crippen LogP contribution in [0.1, 0.15) is 43.2 Å². The minimum atomic E-state index is -4.67. The third kappa shape index (κ3) is 6.19. The molecule has 2 aliphatic carbocycles. The summed E-state index contributed by atoms with van der Waals surface area (Å²) in [5.74, 6) is -1.84. The number of amides is 2. The molecule has 0 aromatic heterocycles. The summed E-state index contributed by atoms with van der Waals surface area (Å²) in [6.07, 6.45) is -8.69. The molecule has 1 heterocycles. The van der Waals surface area contributed by atoms with Gasteiger partial charge in [0, 0.05) is 12.6 Å². The van der Waals surface area contributed by atoms with E-state index in [2.05, 4.69) is 10.1 Å². The zero-order valence-corrected chi connectivity index (χ0v) is 24.2. The van der Waals surface area contributed by atoms with E-state index in [1.54, 1.807) is 0 Å². The zero-order chi connectivity index (χ0) is 32.3. The quantitative estimate of drug-likeness (QED) is 0.400. The van der Waals surface area contributed by atoms with Crippen LogP contribution in [0.25, 0.3) is 0 Å². The van der Waals surface area contributed by atoms with Crippen molar-refractivity contribution in [1.29, 1.82) is 5.26 Å². The summed E-state index contributed by atoms with van der Waals surface area (Å²) >= 11 is 6.14. The van der Waals surface area contributed by atoms with Crippen LogP contribution in [-0.4, -0.2) is 61.3 Å². The predicted octanol–water partition coefficient (Wildman–Crippen LogP) is 4.95. The van der Waals surface area contributed by atoms with Crippen molar-refractivity contribution in [2.75, 3.05) is 13.2 Å². The Bertz CT molecular complexity index is 1650. The zero-order valence-electron chi connectivity index (χ0n) is 22.6. The van der Waals surface area contributed by atoms with Crippen LogP contribution >= 0.6 is 11.6 Å². The lowest BCUT2D eigenvalue weighted by Gasteiger charge is -2.29. The van der Waals surface area contributed by atoms with E-state index in [0.29, 0.717) is 12.8 Å². The van der Waals surface area contributed by atoms with Gasteiger partial charge in [0.1, 0.15) is 17.3 Å². The molecule has 0 spiro atoms. The molecule has 2 aromatic rings. The van der Waals surface area contributed by atoms with Crippen LogP contribution in [0.5, 0.6) is 5.75 Å². The molecule has 16 heteroatoms. The smallest absolute Gasteiger partial charge is 0.422 e. The molecule has 2 atom stereocenters. The standard InChI is InChI=1S/C28H24ClF6N3O5S/c29-20-11-18(43-15-27(30,31)32)4-5-22(20)44(41,42)19-12-21(23(39)37-25(14-36)6-7-25)38(13-19)24(40)26(8-9-26)16-2-1-3-17(10-16)28(33,34)35/h1-5,10-11,19,21H,6-9,12-13,15H2,(H,37,39)/t19-,21+/m1/s1. The van der Waals surface area contributed by atoms with Crippen molar-refractivity contribution in [2.45, 2.75) is 71.6 Å². The van der Waals surface area contributed by atoms with Gasteiger partial charge in [-0.2, -0.15) is 31.6 Å². The first-order valence-electron chi connectivity index (χ1n) is 13.4. The van der Waals surface area contributed by atoms with Gasteiger partial charge in [0.25, 0.3) is 0 Å². The topological polar surface area (TPSA) is 117 Å². The molecule has 3 aliphatic rings. The van der Waals surface area contributed by atoms with E-state index in [-0.39, 0.29) is 24.2 Å². The molecule has 0 bridgehead atoms. The molecule has 3 fully saturated rings. The normalized spacial score (nSPS) is 22.2. The van der Waals surface area contributed by atoms with Crippen LogP contribution in [0, 0.1) is 11.3 Å². The summed E-state index contributed by atoms with van der Waals surface area (Å²) in [6, 6.07) is 7.72. The van der Waals surface area contributed by atoms with E-state index in [9.17, 15) is 49.6 Å². The van der Waals surface area contributed by atoms with Crippen LogP contribution in [0.3, 0.4) is 0 Å². The van der Waals surface area contributed by atoms with Gasteiger partial charge in [-0.25, -0.2) is 8.42 Å². The molecule has 1 saturated heterocycles. The first kappa shape index (κ1) is 31.9. The van der Waals surface area contributed by atoms with E-state index in [1.807, 2.05) is 6.07 Å². The van der Waals surface area contributed by atoms with E-state index >= 15 is 0 Å². The number of likely N-dealkylation sites (tertiary alicyclic amines) is 1. The number of hydrogen-bond donors (Lipinski definition) is 1.